The first-order valence-corrected chi connectivity index (χ1v) is 10.7. The van der Waals surface area contributed by atoms with Crippen LogP contribution in [0.3, 0.4) is 0 Å². The van der Waals surface area contributed by atoms with Gasteiger partial charge in [0, 0.05) is 16.9 Å². The molecule has 0 spiro atoms. The first kappa shape index (κ1) is 20.5. The maximum absolute atomic E-state index is 13.4. The van der Waals surface area contributed by atoms with Gasteiger partial charge in [-0.15, -0.1) is 5.10 Å². The zero-order valence-corrected chi connectivity index (χ0v) is 18.3. The highest BCUT2D eigenvalue weighted by Gasteiger charge is 2.34. The van der Waals surface area contributed by atoms with Gasteiger partial charge >= 0.3 is 0 Å². The number of amides is 1. The Morgan fingerprint density at radius 1 is 0.970 bits per heavy atom. The van der Waals surface area contributed by atoms with E-state index in [1.807, 2.05) is 68.4 Å². The largest absolute Gasteiger partial charge is 0.508 e. The van der Waals surface area contributed by atoms with Gasteiger partial charge in [0.1, 0.15) is 11.8 Å². The second-order valence-corrected chi connectivity index (χ2v) is 8.05. The van der Waals surface area contributed by atoms with E-state index in [4.69, 9.17) is 10.1 Å². The minimum atomic E-state index is -0.516. The van der Waals surface area contributed by atoms with E-state index in [0.29, 0.717) is 28.7 Å². The minimum absolute atomic E-state index is 0.155. The fourth-order valence-corrected chi connectivity index (χ4v) is 3.95. The van der Waals surface area contributed by atoms with Crippen molar-refractivity contribution in [3.8, 4) is 17.1 Å². The Balaban J connectivity index is 1.60. The highest BCUT2D eigenvalue weighted by molar-refractivity contribution is 6.06. The van der Waals surface area contributed by atoms with Crippen LogP contribution < -0.4 is 10.6 Å². The van der Waals surface area contributed by atoms with Crippen LogP contribution in [0.4, 0.5) is 11.6 Å². The Hall–Kier alpha value is -4.39. The molecule has 1 aromatic heterocycles. The molecule has 3 aromatic carbocycles. The second-order valence-electron chi connectivity index (χ2n) is 8.05. The predicted molar refractivity (Wildman–Crippen MR) is 128 cm³/mol. The standard InChI is InChI=1S/C26H23N5O2/c1-16-8-10-19(11-9-16)24-29-26-27-17(2)22(25(33)28-20-6-4-3-5-7-20)23(31(26)30-24)18-12-14-21(32)15-13-18/h3-15,23,32H,1-2H3,(H,28,33)(H,27,29,30). The van der Waals surface area contributed by atoms with Crippen molar-refractivity contribution in [2.24, 2.45) is 0 Å². The summed E-state index contributed by atoms with van der Waals surface area (Å²) in [4.78, 5) is 18.1. The smallest absolute Gasteiger partial charge is 0.255 e. The molecule has 1 atom stereocenters. The number of aromatic nitrogens is 3. The van der Waals surface area contributed by atoms with Gasteiger partial charge in [-0.05, 0) is 43.7 Å². The molecule has 0 fully saturated rings. The molecular formula is C26H23N5O2. The summed E-state index contributed by atoms with van der Waals surface area (Å²) in [6, 6.07) is 23.6. The molecule has 0 radical (unpaired) electrons. The van der Waals surface area contributed by atoms with Crippen LogP contribution in [0.1, 0.15) is 24.1 Å². The normalized spacial score (nSPS) is 15.0. The lowest BCUT2D eigenvalue weighted by Gasteiger charge is -2.28. The van der Waals surface area contributed by atoms with E-state index < -0.39 is 6.04 Å². The van der Waals surface area contributed by atoms with Gasteiger partial charge in [-0.1, -0.05) is 60.2 Å². The van der Waals surface area contributed by atoms with Crippen LogP contribution in [0.25, 0.3) is 11.4 Å². The number of nitrogens with zero attached hydrogens (tertiary/aromatic N) is 3. The number of aromatic hydroxyl groups is 1. The van der Waals surface area contributed by atoms with Crippen LogP contribution in [0, 0.1) is 6.92 Å². The average molecular weight is 438 g/mol. The van der Waals surface area contributed by atoms with E-state index in [1.165, 1.54) is 0 Å². The first-order valence-electron chi connectivity index (χ1n) is 10.7. The number of para-hydroxylation sites is 1. The second kappa shape index (κ2) is 8.27. The molecule has 0 saturated heterocycles. The molecular weight excluding hydrogens is 414 g/mol. The number of anilines is 2. The molecule has 1 unspecified atom stereocenters. The summed E-state index contributed by atoms with van der Waals surface area (Å²) in [5.74, 6) is 1.04. The van der Waals surface area contributed by atoms with Gasteiger partial charge in [0.2, 0.25) is 5.95 Å². The Morgan fingerprint density at radius 2 is 1.67 bits per heavy atom. The van der Waals surface area contributed by atoms with E-state index in [1.54, 1.807) is 28.9 Å². The van der Waals surface area contributed by atoms with E-state index in [-0.39, 0.29) is 11.7 Å². The number of carbonyl (C=O) groups is 1. The van der Waals surface area contributed by atoms with Gasteiger partial charge in [0.25, 0.3) is 5.91 Å². The van der Waals surface area contributed by atoms with Crippen molar-refractivity contribution in [1.82, 2.24) is 14.8 Å². The number of benzene rings is 3. The highest BCUT2D eigenvalue weighted by atomic mass is 16.3. The van der Waals surface area contributed by atoms with Crippen molar-refractivity contribution in [3.05, 3.63) is 101 Å². The monoisotopic (exact) mass is 437 g/mol. The zero-order chi connectivity index (χ0) is 22.9. The number of nitrogens with one attached hydrogen (secondary N) is 2. The van der Waals surface area contributed by atoms with Crippen LogP contribution in [0.5, 0.6) is 5.75 Å². The minimum Gasteiger partial charge on any atom is -0.508 e. The van der Waals surface area contributed by atoms with Crippen molar-refractivity contribution in [3.63, 3.8) is 0 Å². The number of hydrogen-bond donors (Lipinski definition) is 3. The molecule has 3 N–H and O–H groups in total. The SMILES string of the molecule is CC1=C(C(=O)Nc2ccccc2)C(c2ccc(O)cc2)n2nc(-c3ccc(C)cc3)nc2N1. The number of aryl methyl sites for hydroxylation is 1. The summed E-state index contributed by atoms with van der Waals surface area (Å²) in [5, 5.41) is 20.8. The summed E-state index contributed by atoms with van der Waals surface area (Å²) >= 11 is 0. The maximum atomic E-state index is 13.4. The van der Waals surface area contributed by atoms with Crippen LogP contribution in [-0.4, -0.2) is 25.8 Å². The van der Waals surface area contributed by atoms with Gasteiger partial charge in [0.15, 0.2) is 5.82 Å². The number of fused-ring (bicyclic) bond motifs is 1. The quantitative estimate of drug-likeness (QED) is 0.423. The van der Waals surface area contributed by atoms with Gasteiger partial charge in [-0.3, -0.25) is 4.79 Å². The van der Waals surface area contributed by atoms with Gasteiger partial charge < -0.3 is 15.7 Å². The number of hydrogen-bond acceptors (Lipinski definition) is 5. The maximum Gasteiger partial charge on any atom is 0.255 e. The summed E-state index contributed by atoms with van der Waals surface area (Å²) in [6.45, 7) is 3.89. The van der Waals surface area contributed by atoms with E-state index >= 15 is 0 Å². The Morgan fingerprint density at radius 3 is 2.36 bits per heavy atom. The summed E-state index contributed by atoms with van der Waals surface area (Å²) in [6.07, 6.45) is 0. The molecule has 2 heterocycles. The Labute approximate surface area is 191 Å². The highest BCUT2D eigenvalue weighted by Crippen LogP contribution is 2.37. The first-order chi connectivity index (χ1) is 16.0. The van der Waals surface area contributed by atoms with Crippen molar-refractivity contribution in [2.75, 3.05) is 10.6 Å². The molecule has 7 heteroatoms. The van der Waals surface area contributed by atoms with E-state index in [2.05, 4.69) is 10.6 Å². The molecule has 1 aliphatic rings. The molecule has 4 aromatic rings. The van der Waals surface area contributed by atoms with Crippen LogP contribution in [0.15, 0.2) is 90.1 Å². The van der Waals surface area contributed by atoms with Crippen LogP contribution in [-0.2, 0) is 4.79 Å². The lowest BCUT2D eigenvalue weighted by atomic mass is 9.95. The van der Waals surface area contributed by atoms with Gasteiger partial charge in [-0.2, -0.15) is 4.98 Å². The van der Waals surface area contributed by atoms with Crippen molar-refractivity contribution in [2.45, 2.75) is 19.9 Å². The topological polar surface area (TPSA) is 92.1 Å². The van der Waals surface area contributed by atoms with Crippen molar-refractivity contribution in [1.29, 1.82) is 0 Å². The number of allylic oxidation sites excluding steroid dienone is 1. The average Bonchev–Trinajstić information content (AvgIpc) is 3.23. The number of carbonyl (C=O) groups excluding carboxylic acids is 1. The molecule has 7 nitrogen and oxygen atoms in total. The number of phenolic OH excluding ortho intramolecular Hbond substituents is 1. The fraction of sp³-hybridized carbons (Fsp3) is 0.115. The van der Waals surface area contributed by atoms with Crippen molar-refractivity contribution < 1.29 is 9.90 Å². The third-order valence-corrected chi connectivity index (χ3v) is 5.65. The Bertz CT molecular complexity index is 1340. The third kappa shape index (κ3) is 3.96. The zero-order valence-electron chi connectivity index (χ0n) is 18.3. The van der Waals surface area contributed by atoms with E-state index in [0.717, 1.165) is 16.7 Å². The van der Waals surface area contributed by atoms with E-state index in [9.17, 15) is 9.90 Å². The molecule has 0 saturated carbocycles. The summed E-state index contributed by atoms with van der Waals surface area (Å²) in [5.41, 5.74) is 4.78. The van der Waals surface area contributed by atoms with Crippen LogP contribution in [0.2, 0.25) is 0 Å². The lowest BCUT2D eigenvalue weighted by Crippen LogP contribution is -2.31. The molecule has 164 valence electrons. The summed E-state index contributed by atoms with van der Waals surface area (Å²) in [7, 11) is 0. The summed E-state index contributed by atoms with van der Waals surface area (Å²) < 4.78 is 1.73. The molecule has 5 rings (SSSR count). The molecule has 1 aliphatic heterocycles. The fourth-order valence-electron chi connectivity index (χ4n) is 3.95. The van der Waals surface area contributed by atoms with Gasteiger partial charge in [0.05, 0.1) is 5.57 Å². The molecule has 0 bridgehead atoms. The molecule has 33 heavy (non-hydrogen) atoms. The van der Waals surface area contributed by atoms with Gasteiger partial charge in [-0.25, -0.2) is 4.68 Å². The lowest BCUT2D eigenvalue weighted by molar-refractivity contribution is -0.113. The number of rotatable bonds is 4. The van der Waals surface area contributed by atoms with Crippen molar-refractivity contribution >= 4 is 17.5 Å². The number of phenols is 1. The Kier molecular flexibility index (Phi) is 5.14. The third-order valence-electron chi connectivity index (χ3n) is 5.65. The molecule has 0 aliphatic carbocycles. The van der Waals surface area contributed by atoms with Crippen LogP contribution >= 0.6 is 0 Å². The molecule has 1 amide bonds. The predicted octanol–water partition coefficient (Wildman–Crippen LogP) is 4.89.